The number of thiophene rings is 1. The average Bonchev–Trinajstić information content (AvgIpc) is 2.64. The number of nitrogens with one attached hydrogen (secondary N) is 1. The zero-order chi connectivity index (χ0) is 10.3. The van der Waals surface area contributed by atoms with Gasteiger partial charge in [0.25, 0.3) is 0 Å². The zero-order valence-electron chi connectivity index (χ0n) is 8.56. The van der Waals surface area contributed by atoms with Crippen molar-refractivity contribution in [1.82, 2.24) is 0 Å². The van der Waals surface area contributed by atoms with E-state index in [2.05, 4.69) is 21.8 Å². The first kappa shape index (κ1) is 11.2. The minimum absolute atomic E-state index is 0. The van der Waals surface area contributed by atoms with Gasteiger partial charge in [0.05, 0.1) is 16.9 Å². The van der Waals surface area contributed by atoms with Gasteiger partial charge in [0, 0.05) is 16.5 Å². The van der Waals surface area contributed by atoms with Crippen molar-refractivity contribution in [2.75, 3.05) is 5.32 Å². The highest BCUT2D eigenvalue weighted by atomic mass is 35.5. The van der Waals surface area contributed by atoms with Crippen LogP contribution in [0.2, 0.25) is 0 Å². The van der Waals surface area contributed by atoms with Crippen molar-refractivity contribution in [1.29, 1.82) is 0 Å². The zero-order valence-corrected chi connectivity index (χ0v) is 10.2. The largest absolute Gasteiger partial charge is 0.383 e. The number of allylic oxidation sites excluding steroid dienone is 3. The Kier molecular flexibility index (Phi) is 3.03. The topological polar surface area (TPSA) is 50.4 Å². The maximum absolute atomic E-state index is 5.95. The Morgan fingerprint density at radius 1 is 1.38 bits per heavy atom. The second-order valence-corrected chi connectivity index (χ2v) is 4.37. The molecule has 1 aromatic heterocycles. The molecule has 0 amide bonds. The molecule has 2 aliphatic rings. The van der Waals surface area contributed by atoms with Crippen LogP contribution in [0.25, 0.3) is 0 Å². The molecule has 0 fully saturated rings. The van der Waals surface area contributed by atoms with Crippen LogP contribution in [0.3, 0.4) is 0 Å². The molecule has 0 atom stereocenters. The van der Waals surface area contributed by atoms with Gasteiger partial charge in [-0.15, -0.1) is 23.7 Å². The first-order chi connectivity index (χ1) is 7.34. The number of nitrogens with zero attached hydrogens (tertiary/aromatic N) is 1. The SMILES string of the molecule is Cl.NC1=NC2=C(CCC=C2)Nc2cscc21. The summed E-state index contributed by atoms with van der Waals surface area (Å²) in [6.07, 6.45) is 6.25. The van der Waals surface area contributed by atoms with Gasteiger partial charge in [-0.1, -0.05) is 6.08 Å². The summed E-state index contributed by atoms with van der Waals surface area (Å²) in [4.78, 5) is 4.44. The number of halogens is 1. The molecular formula is C11H12ClN3S. The van der Waals surface area contributed by atoms with E-state index in [1.165, 1.54) is 5.70 Å². The van der Waals surface area contributed by atoms with Gasteiger partial charge in [-0.25, -0.2) is 4.99 Å². The molecule has 16 heavy (non-hydrogen) atoms. The molecule has 1 aliphatic heterocycles. The van der Waals surface area contributed by atoms with E-state index in [4.69, 9.17) is 5.73 Å². The van der Waals surface area contributed by atoms with Crippen molar-refractivity contribution in [3.63, 3.8) is 0 Å². The van der Waals surface area contributed by atoms with E-state index in [9.17, 15) is 0 Å². The maximum atomic E-state index is 5.95. The van der Waals surface area contributed by atoms with E-state index in [0.717, 1.165) is 29.8 Å². The van der Waals surface area contributed by atoms with E-state index in [0.29, 0.717) is 5.84 Å². The number of nitrogens with two attached hydrogens (primary N) is 1. The minimum atomic E-state index is 0. The lowest BCUT2D eigenvalue weighted by atomic mass is 10.1. The Hall–Kier alpha value is -1.26. The van der Waals surface area contributed by atoms with Crippen molar-refractivity contribution in [2.45, 2.75) is 12.8 Å². The monoisotopic (exact) mass is 253 g/mol. The summed E-state index contributed by atoms with van der Waals surface area (Å²) in [5.41, 5.74) is 10.2. The number of hydrogen-bond donors (Lipinski definition) is 2. The molecule has 0 unspecified atom stereocenters. The number of rotatable bonds is 0. The van der Waals surface area contributed by atoms with Crippen molar-refractivity contribution >= 4 is 35.3 Å². The third-order valence-electron chi connectivity index (χ3n) is 2.61. The smallest absolute Gasteiger partial charge is 0.134 e. The van der Waals surface area contributed by atoms with Crippen LogP contribution in [0.4, 0.5) is 5.69 Å². The predicted molar refractivity (Wildman–Crippen MR) is 71.3 cm³/mol. The summed E-state index contributed by atoms with van der Waals surface area (Å²) < 4.78 is 0. The molecule has 3 N–H and O–H groups in total. The summed E-state index contributed by atoms with van der Waals surface area (Å²) in [5.74, 6) is 0.607. The van der Waals surface area contributed by atoms with Crippen molar-refractivity contribution < 1.29 is 0 Å². The summed E-state index contributed by atoms with van der Waals surface area (Å²) in [7, 11) is 0. The lowest BCUT2D eigenvalue weighted by Crippen LogP contribution is -2.12. The Labute approximate surface area is 104 Å². The van der Waals surface area contributed by atoms with Crippen LogP contribution >= 0.6 is 23.7 Å². The molecule has 84 valence electrons. The van der Waals surface area contributed by atoms with E-state index >= 15 is 0 Å². The van der Waals surface area contributed by atoms with Crippen LogP contribution in [0.5, 0.6) is 0 Å². The van der Waals surface area contributed by atoms with Crippen LogP contribution in [-0.4, -0.2) is 5.84 Å². The lowest BCUT2D eigenvalue weighted by molar-refractivity contribution is 0.941. The maximum Gasteiger partial charge on any atom is 0.134 e. The predicted octanol–water partition coefficient (Wildman–Crippen LogP) is 2.86. The first-order valence-electron chi connectivity index (χ1n) is 4.92. The highest BCUT2D eigenvalue weighted by Gasteiger charge is 2.17. The summed E-state index contributed by atoms with van der Waals surface area (Å²) in [6, 6.07) is 0. The summed E-state index contributed by atoms with van der Waals surface area (Å²) in [5, 5.41) is 7.52. The van der Waals surface area contributed by atoms with Gasteiger partial charge in [-0.2, -0.15) is 0 Å². The molecule has 1 aromatic rings. The fraction of sp³-hybridized carbons (Fsp3) is 0.182. The van der Waals surface area contributed by atoms with Crippen LogP contribution in [0.15, 0.2) is 39.3 Å². The molecule has 3 nitrogen and oxygen atoms in total. The number of anilines is 1. The lowest BCUT2D eigenvalue weighted by Gasteiger charge is -2.12. The van der Waals surface area contributed by atoms with Crippen molar-refractivity contribution in [3.8, 4) is 0 Å². The standard InChI is InChI=1S/C11H11N3S.ClH/c12-11-7-5-15-6-10(7)13-8-3-1-2-4-9(8)14-11;/h2,4-6,13H,1,3H2,(H2,12,14);1H. The quantitative estimate of drug-likeness (QED) is 0.747. The highest BCUT2D eigenvalue weighted by molar-refractivity contribution is 7.08. The number of fused-ring (bicyclic) bond motifs is 1. The Bertz CT molecular complexity index is 499. The molecule has 0 bridgehead atoms. The highest BCUT2D eigenvalue weighted by Crippen LogP contribution is 2.30. The summed E-state index contributed by atoms with van der Waals surface area (Å²) in [6.45, 7) is 0. The van der Waals surface area contributed by atoms with Gasteiger partial charge in [-0.3, -0.25) is 0 Å². The second kappa shape index (κ2) is 4.31. The fourth-order valence-electron chi connectivity index (χ4n) is 1.83. The van der Waals surface area contributed by atoms with E-state index in [1.807, 2.05) is 11.5 Å². The number of aliphatic imine (C=N–C) groups is 1. The van der Waals surface area contributed by atoms with Gasteiger partial charge in [-0.05, 0) is 18.9 Å². The molecule has 5 heteroatoms. The minimum Gasteiger partial charge on any atom is -0.383 e. The number of amidine groups is 1. The third kappa shape index (κ3) is 1.74. The molecule has 3 rings (SSSR count). The Morgan fingerprint density at radius 2 is 2.25 bits per heavy atom. The second-order valence-electron chi connectivity index (χ2n) is 3.63. The van der Waals surface area contributed by atoms with E-state index in [-0.39, 0.29) is 12.4 Å². The van der Waals surface area contributed by atoms with E-state index < -0.39 is 0 Å². The fourth-order valence-corrected chi connectivity index (χ4v) is 2.60. The molecule has 0 saturated heterocycles. The van der Waals surface area contributed by atoms with Crippen LogP contribution < -0.4 is 11.1 Å². The first-order valence-corrected chi connectivity index (χ1v) is 5.86. The molecule has 0 radical (unpaired) electrons. The Balaban J connectivity index is 0.000000963. The van der Waals surface area contributed by atoms with Gasteiger partial charge >= 0.3 is 0 Å². The van der Waals surface area contributed by atoms with Gasteiger partial charge in [0.2, 0.25) is 0 Å². The average molecular weight is 254 g/mol. The summed E-state index contributed by atoms with van der Waals surface area (Å²) >= 11 is 1.64. The third-order valence-corrected chi connectivity index (χ3v) is 3.35. The molecule has 2 heterocycles. The van der Waals surface area contributed by atoms with Gasteiger partial charge < -0.3 is 11.1 Å². The van der Waals surface area contributed by atoms with E-state index in [1.54, 1.807) is 11.3 Å². The Morgan fingerprint density at radius 3 is 3.12 bits per heavy atom. The molecule has 0 spiro atoms. The van der Waals surface area contributed by atoms with Crippen LogP contribution in [-0.2, 0) is 0 Å². The van der Waals surface area contributed by atoms with Crippen LogP contribution in [0.1, 0.15) is 18.4 Å². The van der Waals surface area contributed by atoms with Crippen molar-refractivity contribution in [2.24, 2.45) is 10.7 Å². The van der Waals surface area contributed by atoms with Crippen LogP contribution in [0, 0.1) is 0 Å². The molecule has 0 aromatic carbocycles. The normalized spacial score (nSPS) is 17.6. The molecular weight excluding hydrogens is 242 g/mol. The van der Waals surface area contributed by atoms with Gasteiger partial charge in [0.1, 0.15) is 5.84 Å². The van der Waals surface area contributed by atoms with Gasteiger partial charge in [0.15, 0.2) is 0 Å². The molecule has 1 aliphatic carbocycles. The molecule has 0 saturated carbocycles. The number of hydrogen-bond acceptors (Lipinski definition) is 4. The van der Waals surface area contributed by atoms with Crippen molar-refractivity contribution in [3.05, 3.63) is 39.9 Å².